The average molecular weight is 254 g/mol. The van der Waals surface area contributed by atoms with Crippen LogP contribution < -0.4 is 5.32 Å². The molecule has 2 atom stereocenters. The third kappa shape index (κ3) is 2.83. The molecule has 0 aliphatic heterocycles. The Morgan fingerprint density at radius 2 is 2.22 bits per heavy atom. The van der Waals surface area contributed by atoms with Gasteiger partial charge in [-0.05, 0) is 24.8 Å². The van der Waals surface area contributed by atoms with Crippen LogP contribution in [-0.4, -0.2) is 16.9 Å². The zero-order chi connectivity index (χ0) is 13.1. The molecule has 1 aliphatic carbocycles. The number of carbonyl (C=O) groups is 1. The topological polar surface area (TPSA) is 42.0 Å². The number of rotatable bonds is 2. The third-order valence-electron chi connectivity index (χ3n) is 3.36. The first-order valence-electron chi connectivity index (χ1n) is 6.18. The van der Waals surface area contributed by atoms with E-state index in [0.717, 1.165) is 31.9 Å². The van der Waals surface area contributed by atoms with Crippen LogP contribution in [0.4, 0.5) is 8.78 Å². The fraction of sp³-hybridized carbons (Fsp3) is 0.538. The summed E-state index contributed by atoms with van der Waals surface area (Å²) in [4.78, 5) is 15.0. The number of hydrogen-bond donors (Lipinski definition) is 1. The van der Waals surface area contributed by atoms with E-state index in [2.05, 4.69) is 17.2 Å². The van der Waals surface area contributed by atoms with Gasteiger partial charge >= 0.3 is 0 Å². The molecule has 1 heterocycles. The van der Waals surface area contributed by atoms with Crippen molar-refractivity contribution in [2.24, 2.45) is 5.92 Å². The first kappa shape index (κ1) is 12.9. The normalized spacial score (nSPS) is 23.7. The van der Waals surface area contributed by atoms with Gasteiger partial charge in [0.05, 0.1) is 5.56 Å². The number of amides is 1. The maximum Gasteiger partial charge on any atom is 0.254 e. The molecular formula is C13H16F2N2O. The van der Waals surface area contributed by atoms with Gasteiger partial charge < -0.3 is 5.32 Å². The minimum atomic E-state index is -1.24. The Morgan fingerprint density at radius 1 is 1.44 bits per heavy atom. The summed E-state index contributed by atoms with van der Waals surface area (Å²) < 4.78 is 26.3. The monoisotopic (exact) mass is 254 g/mol. The smallest absolute Gasteiger partial charge is 0.254 e. The maximum atomic E-state index is 13.4. The van der Waals surface area contributed by atoms with Gasteiger partial charge in [0.25, 0.3) is 5.91 Å². The number of hydrogen-bond acceptors (Lipinski definition) is 2. The SMILES string of the molecule is CC1CCCC(NC(=O)c2ccnc(F)c2F)C1. The summed E-state index contributed by atoms with van der Waals surface area (Å²) in [7, 11) is 0. The number of nitrogens with one attached hydrogen (secondary N) is 1. The lowest BCUT2D eigenvalue weighted by Crippen LogP contribution is -2.38. The number of halogens is 2. The van der Waals surface area contributed by atoms with Crippen LogP contribution in [0.1, 0.15) is 43.0 Å². The lowest BCUT2D eigenvalue weighted by atomic mass is 9.87. The molecule has 1 aromatic rings. The Morgan fingerprint density at radius 3 is 2.94 bits per heavy atom. The average Bonchev–Trinajstić information content (AvgIpc) is 2.32. The Hall–Kier alpha value is -1.52. The molecule has 0 aromatic carbocycles. The van der Waals surface area contributed by atoms with E-state index in [0.29, 0.717) is 5.92 Å². The molecule has 3 nitrogen and oxygen atoms in total. The minimum absolute atomic E-state index is 0.0527. The van der Waals surface area contributed by atoms with Gasteiger partial charge in [0.2, 0.25) is 5.95 Å². The summed E-state index contributed by atoms with van der Waals surface area (Å²) in [6.07, 6.45) is 5.09. The summed E-state index contributed by atoms with van der Waals surface area (Å²) in [5.41, 5.74) is -0.277. The summed E-state index contributed by atoms with van der Waals surface area (Å²) >= 11 is 0. The second-order valence-corrected chi connectivity index (χ2v) is 4.91. The van der Waals surface area contributed by atoms with Crippen molar-refractivity contribution in [3.05, 3.63) is 29.6 Å². The van der Waals surface area contributed by atoms with Crippen molar-refractivity contribution >= 4 is 5.91 Å². The van der Waals surface area contributed by atoms with Crippen LogP contribution in [0.25, 0.3) is 0 Å². The quantitative estimate of drug-likeness (QED) is 0.824. The summed E-state index contributed by atoms with van der Waals surface area (Å²) in [5.74, 6) is -2.42. The molecule has 2 unspecified atom stereocenters. The molecule has 2 rings (SSSR count). The summed E-state index contributed by atoms with van der Waals surface area (Å²) in [6.45, 7) is 2.13. The maximum absolute atomic E-state index is 13.4. The first-order valence-corrected chi connectivity index (χ1v) is 6.18. The summed E-state index contributed by atoms with van der Waals surface area (Å²) in [5, 5.41) is 2.76. The van der Waals surface area contributed by atoms with Crippen molar-refractivity contribution < 1.29 is 13.6 Å². The van der Waals surface area contributed by atoms with Crippen LogP contribution in [0.2, 0.25) is 0 Å². The Labute approximate surface area is 105 Å². The van der Waals surface area contributed by atoms with Gasteiger partial charge in [-0.3, -0.25) is 4.79 Å². The van der Waals surface area contributed by atoms with Gasteiger partial charge in [0, 0.05) is 12.2 Å². The van der Waals surface area contributed by atoms with E-state index in [9.17, 15) is 13.6 Å². The van der Waals surface area contributed by atoms with E-state index in [4.69, 9.17) is 0 Å². The highest BCUT2D eigenvalue weighted by molar-refractivity contribution is 5.94. The van der Waals surface area contributed by atoms with Gasteiger partial charge in [-0.2, -0.15) is 4.39 Å². The van der Waals surface area contributed by atoms with Crippen LogP contribution in [-0.2, 0) is 0 Å². The molecule has 0 bridgehead atoms. The third-order valence-corrected chi connectivity index (χ3v) is 3.36. The van der Waals surface area contributed by atoms with E-state index < -0.39 is 17.7 Å². The van der Waals surface area contributed by atoms with Gasteiger partial charge in [-0.1, -0.05) is 19.8 Å². The number of nitrogens with zero attached hydrogens (tertiary/aromatic N) is 1. The Bertz CT molecular complexity index is 451. The van der Waals surface area contributed by atoms with E-state index in [-0.39, 0.29) is 11.6 Å². The van der Waals surface area contributed by atoms with Crippen LogP contribution in [0, 0.1) is 17.7 Å². The van der Waals surface area contributed by atoms with Crippen molar-refractivity contribution in [1.82, 2.24) is 10.3 Å². The predicted octanol–water partition coefficient (Wildman–Crippen LogP) is 2.67. The number of pyridine rings is 1. The zero-order valence-corrected chi connectivity index (χ0v) is 10.2. The first-order chi connectivity index (χ1) is 8.58. The largest absolute Gasteiger partial charge is 0.349 e. The van der Waals surface area contributed by atoms with Gasteiger partial charge in [-0.25, -0.2) is 9.37 Å². The molecule has 18 heavy (non-hydrogen) atoms. The van der Waals surface area contributed by atoms with E-state index >= 15 is 0 Å². The number of carbonyl (C=O) groups excluding carboxylic acids is 1. The van der Waals surface area contributed by atoms with Crippen LogP contribution in [0.15, 0.2) is 12.3 Å². The van der Waals surface area contributed by atoms with Crippen molar-refractivity contribution in [2.45, 2.75) is 38.6 Å². The van der Waals surface area contributed by atoms with Crippen molar-refractivity contribution in [1.29, 1.82) is 0 Å². The lowest BCUT2D eigenvalue weighted by molar-refractivity contribution is 0.0916. The highest BCUT2D eigenvalue weighted by Crippen LogP contribution is 2.23. The molecular weight excluding hydrogens is 238 g/mol. The minimum Gasteiger partial charge on any atom is -0.349 e. The molecule has 1 N–H and O–H groups in total. The Kier molecular flexibility index (Phi) is 3.89. The molecule has 1 aliphatic rings. The van der Waals surface area contributed by atoms with Gasteiger partial charge in [-0.15, -0.1) is 0 Å². The Balaban J connectivity index is 2.05. The van der Waals surface area contributed by atoms with Gasteiger partial charge in [0.1, 0.15) is 0 Å². The lowest BCUT2D eigenvalue weighted by Gasteiger charge is -2.27. The molecule has 0 spiro atoms. The molecule has 0 saturated heterocycles. The second kappa shape index (κ2) is 5.42. The van der Waals surface area contributed by atoms with Crippen LogP contribution >= 0.6 is 0 Å². The van der Waals surface area contributed by atoms with Gasteiger partial charge in [0.15, 0.2) is 5.82 Å². The molecule has 1 aromatic heterocycles. The fourth-order valence-corrected chi connectivity index (χ4v) is 2.42. The van der Waals surface area contributed by atoms with E-state index in [1.165, 1.54) is 6.07 Å². The van der Waals surface area contributed by atoms with Crippen LogP contribution in [0.3, 0.4) is 0 Å². The molecule has 1 saturated carbocycles. The standard InChI is InChI=1S/C13H16F2N2O/c1-8-3-2-4-9(7-8)17-13(18)10-5-6-16-12(15)11(10)14/h5-6,8-9H,2-4,7H2,1H3,(H,17,18). The van der Waals surface area contributed by atoms with Crippen molar-refractivity contribution in [3.63, 3.8) is 0 Å². The van der Waals surface area contributed by atoms with Crippen LogP contribution in [0.5, 0.6) is 0 Å². The molecule has 1 amide bonds. The number of aromatic nitrogens is 1. The van der Waals surface area contributed by atoms with Crippen molar-refractivity contribution in [3.8, 4) is 0 Å². The zero-order valence-electron chi connectivity index (χ0n) is 10.2. The molecule has 5 heteroatoms. The predicted molar refractivity (Wildman–Crippen MR) is 63.0 cm³/mol. The van der Waals surface area contributed by atoms with E-state index in [1.54, 1.807) is 0 Å². The van der Waals surface area contributed by atoms with Crippen molar-refractivity contribution in [2.75, 3.05) is 0 Å². The summed E-state index contributed by atoms with van der Waals surface area (Å²) in [6, 6.07) is 1.25. The highest BCUT2D eigenvalue weighted by Gasteiger charge is 2.23. The highest BCUT2D eigenvalue weighted by atomic mass is 19.2. The van der Waals surface area contributed by atoms with E-state index in [1.807, 2.05) is 0 Å². The fourth-order valence-electron chi connectivity index (χ4n) is 2.42. The molecule has 0 radical (unpaired) electrons. The second-order valence-electron chi connectivity index (χ2n) is 4.91. The molecule has 98 valence electrons. The molecule has 1 fully saturated rings.